The molecule has 1 aliphatic rings. The lowest BCUT2D eigenvalue weighted by atomic mass is 9.90. The van der Waals surface area contributed by atoms with Gasteiger partial charge >= 0.3 is 0 Å². The molecule has 0 unspecified atom stereocenters. The van der Waals surface area contributed by atoms with Crippen LogP contribution >= 0.6 is 0 Å². The molecule has 0 aromatic heterocycles. The third-order valence-corrected chi connectivity index (χ3v) is 2.87. The number of hydrogen-bond acceptors (Lipinski definition) is 2. The molecule has 0 N–H and O–H groups in total. The zero-order chi connectivity index (χ0) is 12.2. The molecule has 2 heteroatoms. The number of allylic oxidation sites excluding steroid dienone is 1. The lowest BCUT2D eigenvalue weighted by molar-refractivity contribution is -0.290. The third kappa shape index (κ3) is 8.01. The molecule has 0 atom stereocenters. The molecule has 0 amide bonds. The van der Waals surface area contributed by atoms with Gasteiger partial charge in [-0.3, -0.25) is 0 Å². The third-order valence-electron chi connectivity index (χ3n) is 2.87. The Labute approximate surface area is 105 Å². The topological polar surface area (TPSA) is 18.5 Å². The fourth-order valence-corrected chi connectivity index (χ4v) is 1.97. The van der Waals surface area contributed by atoms with Gasteiger partial charge in [-0.25, -0.2) is 9.78 Å². The molecular weight excluding hydrogens is 212 g/mol. The number of rotatable bonds is 6. The Morgan fingerprint density at radius 1 is 1.12 bits per heavy atom. The SMILES string of the molecule is CCOOCCC=CCC#CC1CCCCC1. The van der Waals surface area contributed by atoms with E-state index in [1.165, 1.54) is 32.1 Å². The van der Waals surface area contributed by atoms with Crippen LogP contribution in [-0.2, 0) is 9.78 Å². The van der Waals surface area contributed by atoms with Crippen molar-refractivity contribution in [1.82, 2.24) is 0 Å². The second-order valence-electron chi connectivity index (χ2n) is 4.35. The van der Waals surface area contributed by atoms with Crippen molar-refractivity contribution < 1.29 is 9.78 Å². The van der Waals surface area contributed by atoms with Gasteiger partial charge in [-0.05, 0) is 26.2 Å². The summed E-state index contributed by atoms with van der Waals surface area (Å²) in [6.07, 6.45) is 12.7. The Kier molecular flexibility index (Phi) is 8.72. The van der Waals surface area contributed by atoms with Crippen molar-refractivity contribution in [2.45, 2.75) is 51.9 Å². The summed E-state index contributed by atoms with van der Waals surface area (Å²) < 4.78 is 0. The number of hydrogen-bond donors (Lipinski definition) is 0. The average Bonchev–Trinajstić information content (AvgIpc) is 2.38. The molecule has 0 bridgehead atoms. The molecule has 1 aliphatic carbocycles. The van der Waals surface area contributed by atoms with Gasteiger partial charge in [-0.1, -0.05) is 43.3 Å². The van der Waals surface area contributed by atoms with Crippen LogP contribution in [-0.4, -0.2) is 13.2 Å². The maximum atomic E-state index is 4.90. The largest absolute Gasteiger partial charge is 0.237 e. The van der Waals surface area contributed by atoms with Gasteiger partial charge in [0.05, 0.1) is 13.2 Å². The molecule has 0 aromatic carbocycles. The van der Waals surface area contributed by atoms with Gasteiger partial charge in [0, 0.05) is 12.3 Å². The second-order valence-corrected chi connectivity index (χ2v) is 4.35. The highest BCUT2D eigenvalue weighted by Crippen LogP contribution is 2.22. The van der Waals surface area contributed by atoms with E-state index in [9.17, 15) is 0 Å². The molecule has 17 heavy (non-hydrogen) atoms. The molecule has 0 heterocycles. The summed E-state index contributed by atoms with van der Waals surface area (Å²) >= 11 is 0. The summed E-state index contributed by atoms with van der Waals surface area (Å²) in [5.74, 6) is 7.29. The van der Waals surface area contributed by atoms with Gasteiger partial charge in [-0.15, -0.1) is 0 Å². The lowest BCUT2D eigenvalue weighted by Gasteiger charge is -2.15. The van der Waals surface area contributed by atoms with E-state index < -0.39 is 0 Å². The Bertz CT molecular complexity index is 254. The van der Waals surface area contributed by atoms with E-state index in [2.05, 4.69) is 24.0 Å². The Balaban J connectivity index is 1.98. The molecule has 96 valence electrons. The van der Waals surface area contributed by atoms with Crippen LogP contribution in [0.2, 0.25) is 0 Å². The first-order valence-corrected chi connectivity index (χ1v) is 6.81. The van der Waals surface area contributed by atoms with E-state index in [-0.39, 0.29) is 0 Å². The fourth-order valence-electron chi connectivity index (χ4n) is 1.97. The Hall–Kier alpha value is -0.780. The zero-order valence-electron chi connectivity index (χ0n) is 10.9. The molecule has 2 nitrogen and oxygen atoms in total. The van der Waals surface area contributed by atoms with E-state index in [4.69, 9.17) is 9.78 Å². The standard InChI is InChI=1S/C15H24O2/c1-2-16-17-14-10-5-3-4-7-11-15-12-8-6-9-13-15/h3,5,15H,2,4,6,8-10,12-14H2,1H3. The highest BCUT2D eigenvalue weighted by atomic mass is 17.2. The second kappa shape index (κ2) is 10.4. The van der Waals surface area contributed by atoms with E-state index in [1.54, 1.807) is 0 Å². The summed E-state index contributed by atoms with van der Waals surface area (Å²) in [4.78, 5) is 9.68. The fraction of sp³-hybridized carbons (Fsp3) is 0.733. The van der Waals surface area contributed by atoms with Crippen LogP contribution in [0.15, 0.2) is 12.2 Å². The smallest absolute Gasteiger partial charge is 0.0856 e. The molecule has 0 saturated heterocycles. The van der Waals surface area contributed by atoms with E-state index in [0.717, 1.165) is 12.8 Å². The van der Waals surface area contributed by atoms with Crippen molar-refractivity contribution >= 4 is 0 Å². The molecule has 0 spiro atoms. The summed E-state index contributed by atoms with van der Waals surface area (Å²) in [6, 6.07) is 0. The molecule has 1 rings (SSSR count). The zero-order valence-corrected chi connectivity index (χ0v) is 10.9. The summed E-state index contributed by atoms with van der Waals surface area (Å²) in [5, 5.41) is 0. The molecular formula is C15H24O2. The highest BCUT2D eigenvalue weighted by molar-refractivity contribution is 5.08. The van der Waals surface area contributed by atoms with Crippen LogP contribution in [0.5, 0.6) is 0 Å². The van der Waals surface area contributed by atoms with Gasteiger partial charge in [0.25, 0.3) is 0 Å². The predicted molar refractivity (Wildman–Crippen MR) is 70.3 cm³/mol. The summed E-state index contributed by atoms with van der Waals surface area (Å²) in [6.45, 7) is 3.15. The first-order valence-electron chi connectivity index (χ1n) is 6.81. The minimum atomic E-state index is 0.608. The monoisotopic (exact) mass is 236 g/mol. The van der Waals surface area contributed by atoms with Crippen LogP contribution in [0, 0.1) is 17.8 Å². The van der Waals surface area contributed by atoms with Crippen LogP contribution in [0.4, 0.5) is 0 Å². The van der Waals surface area contributed by atoms with Crippen LogP contribution in [0.3, 0.4) is 0 Å². The van der Waals surface area contributed by atoms with E-state index >= 15 is 0 Å². The van der Waals surface area contributed by atoms with Crippen LogP contribution in [0.25, 0.3) is 0 Å². The Morgan fingerprint density at radius 2 is 1.94 bits per heavy atom. The quantitative estimate of drug-likeness (QED) is 0.229. The predicted octanol–water partition coefficient (Wildman–Crippen LogP) is 3.87. The minimum Gasteiger partial charge on any atom is -0.237 e. The van der Waals surface area contributed by atoms with Crippen molar-refractivity contribution in [3.63, 3.8) is 0 Å². The van der Waals surface area contributed by atoms with Crippen LogP contribution < -0.4 is 0 Å². The molecule has 1 fully saturated rings. The van der Waals surface area contributed by atoms with Crippen molar-refractivity contribution in [2.24, 2.45) is 5.92 Å². The van der Waals surface area contributed by atoms with Crippen molar-refractivity contribution in [1.29, 1.82) is 0 Å². The van der Waals surface area contributed by atoms with Gasteiger partial charge in [0.1, 0.15) is 0 Å². The highest BCUT2D eigenvalue weighted by Gasteiger charge is 2.09. The van der Waals surface area contributed by atoms with Gasteiger partial charge < -0.3 is 0 Å². The Morgan fingerprint density at radius 3 is 2.71 bits per heavy atom. The maximum Gasteiger partial charge on any atom is 0.0856 e. The first kappa shape index (κ1) is 14.3. The first-order chi connectivity index (χ1) is 8.43. The summed E-state index contributed by atoms with van der Waals surface area (Å²) in [5.41, 5.74) is 0. The maximum absolute atomic E-state index is 4.90. The van der Waals surface area contributed by atoms with Crippen LogP contribution in [0.1, 0.15) is 51.9 Å². The van der Waals surface area contributed by atoms with E-state index in [1.807, 2.05) is 6.92 Å². The van der Waals surface area contributed by atoms with Gasteiger partial charge in [0.15, 0.2) is 0 Å². The molecule has 0 aliphatic heterocycles. The molecule has 0 radical (unpaired) electrons. The summed E-state index contributed by atoms with van der Waals surface area (Å²) in [7, 11) is 0. The van der Waals surface area contributed by atoms with Gasteiger partial charge in [0.2, 0.25) is 0 Å². The van der Waals surface area contributed by atoms with Crippen molar-refractivity contribution in [3.05, 3.63) is 12.2 Å². The minimum absolute atomic E-state index is 0.608. The van der Waals surface area contributed by atoms with Gasteiger partial charge in [-0.2, -0.15) is 0 Å². The van der Waals surface area contributed by atoms with Crippen molar-refractivity contribution in [2.75, 3.05) is 13.2 Å². The lowest BCUT2D eigenvalue weighted by Crippen LogP contribution is -2.02. The van der Waals surface area contributed by atoms with Crippen molar-refractivity contribution in [3.8, 4) is 11.8 Å². The molecule has 1 saturated carbocycles. The van der Waals surface area contributed by atoms with E-state index in [0.29, 0.717) is 19.1 Å². The average molecular weight is 236 g/mol. The normalized spacial score (nSPS) is 17.0. The molecule has 0 aromatic rings.